The molecule has 76 valence electrons. The third kappa shape index (κ3) is 3.00. The number of ether oxygens (including phenoxy) is 1. The fourth-order valence-electron chi connectivity index (χ4n) is 1.03. The summed E-state index contributed by atoms with van der Waals surface area (Å²) in [6.45, 7) is 5.61. The second kappa shape index (κ2) is 4.96. The van der Waals surface area contributed by atoms with Crippen molar-refractivity contribution in [3.05, 3.63) is 36.4 Å². The number of rotatable bonds is 4. The first-order chi connectivity index (χ1) is 6.63. The van der Waals surface area contributed by atoms with Crippen LogP contribution in [0, 0.1) is 0 Å². The maximum atomic E-state index is 11.7. The summed E-state index contributed by atoms with van der Waals surface area (Å²) in [6.07, 6.45) is 0. The van der Waals surface area contributed by atoms with Gasteiger partial charge in [0.2, 0.25) is 0 Å². The molecule has 0 heterocycles. The van der Waals surface area contributed by atoms with E-state index in [4.69, 9.17) is 4.74 Å². The Labute approximate surface area is 87.1 Å². The Morgan fingerprint density at radius 2 is 2.00 bits per heavy atom. The molecule has 1 unspecified atom stereocenters. The highest BCUT2D eigenvalue weighted by Crippen LogP contribution is 2.15. The molecule has 0 N–H and O–H groups in total. The summed E-state index contributed by atoms with van der Waals surface area (Å²) in [5, 5.41) is 0. The van der Waals surface area contributed by atoms with Crippen molar-refractivity contribution >= 4 is 10.8 Å². The molecule has 0 saturated heterocycles. The van der Waals surface area contributed by atoms with Crippen LogP contribution in [0.2, 0.25) is 0 Å². The van der Waals surface area contributed by atoms with Gasteiger partial charge in [-0.15, -0.1) is 0 Å². The smallest absolute Gasteiger partial charge is 0.118 e. The lowest BCUT2D eigenvalue weighted by Crippen LogP contribution is -1.98. The van der Waals surface area contributed by atoms with Crippen molar-refractivity contribution in [3.8, 4) is 5.75 Å². The first-order valence-electron chi connectivity index (χ1n) is 4.30. The highest BCUT2D eigenvalue weighted by atomic mass is 32.2. The van der Waals surface area contributed by atoms with Gasteiger partial charge in [-0.05, 0) is 31.2 Å². The minimum atomic E-state index is -0.979. The number of methoxy groups -OCH3 is 1. The molecule has 1 atom stereocenters. The Balaban J connectivity index is 2.76. The van der Waals surface area contributed by atoms with Crippen LogP contribution >= 0.6 is 0 Å². The van der Waals surface area contributed by atoms with E-state index in [0.29, 0.717) is 5.75 Å². The van der Waals surface area contributed by atoms with Gasteiger partial charge in [-0.3, -0.25) is 4.21 Å². The minimum Gasteiger partial charge on any atom is -0.497 e. The lowest BCUT2D eigenvalue weighted by Gasteiger charge is -2.03. The maximum absolute atomic E-state index is 11.7. The molecular weight excluding hydrogens is 196 g/mol. The van der Waals surface area contributed by atoms with Crippen LogP contribution in [0.3, 0.4) is 0 Å². The van der Waals surface area contributed by atoms with Crippen molar-refractivity contribution < 1.29 is 8.95 Å². The van der Waals surface area contributed by atoms with Crippen LogP contribution in [0.15, 0.2) is 41.3 Å². The molecule has 2 nitrogen and oxygen atoms in total. The average molecular weight is 210 g/mol. The second-order valence-corrected chi connectivity index (χ2v) is 4.57. The van der Waals surface area contributed by atoms with E-state index in [1.807, 2.05) is 31.2 Å². The van der Waals surface area contributed by atoms with Gasteiger partial charge < -0.3 is 4.74 Å². The zero-order valence-electron chi connectivity index (χ0n) is 8.45. The molecule has 0 aliphatic heterocycles. The van der Waals surface area contributed by atoms with Crippen molar-refractivity contribution in [1.82, 2.24) is 0 Å². The lowest BCUT2D eigenvalue weighted by molar-refractivity contribution is 0.414. The fraction of sp³-hybridized carbons (Fsp3) is 0.273. The van der Waals surface area contributed by atoms with E-state index in [0.717, 1.165) is 16.2 Å². The molecule has 0 aliphatic rings. The van der Waals surface area contributed by atoms with Crippen LogP contribution in [-0.2, 0) is 10.8 Å². The lowest BCUT2D eigenvalue weighted by atomic mass is 10.3. The van der Waals surface area contributed by atoms with E-state index < -0.39 is 10.8 Å². The fourth-order valence-corrected chi connectivity index (χ4v) is 2.09. The number of hydrogen-bond donors (Lipinski definition) is 0. The second-order valence-electron chi connectivity index (χ2n) is 3.12. The zero-order valence-corrected chi connectivity index (χ0v) is 9.26. The molecule has 1 aromatic carbocycles. The predicted molar refractivity (Wildman–Crippen MR) is 59.1 cm³/mol. The van der Waals surface area contributed by atoms with E-state index in [2.05, 4.69) is 6.58 Å². The van der Waals surface area contributed by atoms with Gasteiger partial charge in [0.25, 0.3) is 0 Å². The van der Waals surface area contributed by atoms with E-state index in [9.17, 15) is 4.21 Å². The van der Waals surface area contributed by atoms with Crippen molar-refractivity contribution in [3.63, 3.8) is 0 Å². The van der Waals surface area contributed by atoms with Gasteiger partial charge in [0.15, 0.2) is 0 Å². The molecule has 0 saturated carbocycles. The van der Waals surface area contributed by atoms with E-state index in [1.165, 1.54) is 0 Å². The summed E-state index contributed by atoms with van der Waals surface area (Å²) in [5.41, 5.74) is 0.930. The largest absolute Gasteiger partial charge is 0.497 e. The molecule has 0 bridgehead atoms. The predicted octanol–water partition coefficient (Wildman–Crippen LogP) is 2.38. The SMILES string of the molecule is C=C(C)CS(=O)c1ccc(OC)cc1. The monoisotopic (exact) mass is 210 g/mol. The topological polar surface area (TPSA) is 26.3 Å². The average Bonchev–Trinajstić information content (AvgIpc) is 2.17. The zero-order chi connectivity index (χ0) is 10.6. The van der Waals surface area contributed by atoms with Gasteiger partial charge in [0.05, 0.1) is 17.9 Å². The summed E-state index contributed by atoms with van der Waals surface area (Å²) in [7, 11) is 0.632. The molecule has 0 aliphatic carbocycles. The molecule has 1 aromatic rings. The van der Waals surface area contributed by atoms with E-state index in [-0.39, 0.29) is 0 Å². The molecule has 14 heavy (non-hydrogen) atoms. The van der Waals surface area contributed by atoms with Gasteiger partial charge in [-0.2, -0.15) is 0 Å². The summed E-state index contributed by atoms with van der Waals surface area (Å²) >= 11 is 0. The van der Waals surface area contributed by atoms with Crippen LogP contribution in [0.25, 0.3) is 0 Å². The first kappa shape index (κ1) is 11.0. The Bertz CT molecular complexity index is 341. The van der Waals surface area contributed by atoms with Crippen molar-refractivity contribution in [2.24, 2.45) is 0 Å². The standard InChI is InChI=1S/C11H14O2S/c1-9(2)8-14(12)11-6-4-10(13-3)5-7-11/h4-7H,1,8H2,2-3H3. The van der Waals surface area contributed by atoms with Crippen LogP contribution < -0.4 is 4.74 Å². The van der Waals surface area contributed by atoms with E-state index in [1.54, 1.807) is 7.11 Å². The highest BCUT2D eigenvalue weighted by molar-refractivity contribution is 7.85. The summed E-state index contributed by atoms with van der Waals surface area (Å²) in [6, 6.07) is 7.26. The summed E-state index contributed by atoms with van der Waals surface area (Å²) in [4.78, 5) is 0.814. The Kier molecular flexibility index (Phi) is 3.89. The van der Waals surface area contributed by atoms with Gasteiger partial charge in [-0.1, -0.05) is 12.2 Å². The molecule has 0 aromatic heterocycles. The summed E-state index contributed by atoms with van der Waals surface area (Å²) in [5.74, 6) is 1.30. The minimum absolute atomic E-state index is 0.520. The Morgan fingerprint density at radius 3 is 2.43 bits per heavy atom. The third-order valence-corrected chi connectivity index (χ3v) is 3.25. The first-order valence-corrected chi connectivity index (χ1v) is 5.62. The summed E-state index contributed by atoms with van der Waals surface area (Å²) < 4.78 is 16.7. The third-order valence-electron chi connectivity index (χ3n) is 1.70. The molecular formula is C11H14O2S. The van der Waals surface area contributed by atoms with Crippen LogP contribution in [0.4, 0.5) is 0 Å². The normalized spacial score (nSPS) is 12.1. The van der Waals surface area contributed by atoms with Crippen LogP contribution in [0.1, 0.15) is 6.92 Å². The van der Waals surface area contributed by atoms with E-state index >= 15 is 0 Å². The van der Waals surface area contributed by atoms with Crippen molar-refractivity contribution in [2.45, 2.75) is 11.8 Å². The molecule has 0 fully saturated rings. The molecule has 0 radical (unpaired) electrons. The van der Waals surface area contributed by atoms with Gasteiger partial charge in [0.1, 0.15) is 5.75 Å². The van der Waals surface area contributed by atoms with Gasteiger partial charge in [0, 0.05) is 10.6 Å². The molecule has 0 amide bonds. The molecule has 1 rings (SSSR count). The van der Waals surface area contributed by atoms with Crippen LogP contribution in [-0.4, -0.2) is 17.1 Å². The van der Waals surface area contributed by atoms with Crippen molar-refractivity contribution in [1.29, 1.82) is 0 Å². The van der Waals surface area contributed by atoms with Gasteiger partial charge >= 0.3 is 0 Å². The highest BCUT2D eigenvalue weighted by Gasteiger charge is 2.03. The number of benzene rings is 1. The van der Waals surface area contributed by atoms with Gasteiger partial charge in [-0.25, -0.2) is 0 Å². The Morgan fingerprint density at radius 1 is 1.43 bits per heavy atom. The quantitative estimate of drug-likeness (QED) is 0.713. The number of hydrogen-bond acceptors (Lipinski definition) is 2. The molecule has 3 heteroatoms. The Hall–Kier alpha value is -1.09. The van der Waals surface area contributed by atoms with Crippen molar-refractivity contribution in [2.75, 3.05) is 12.9 Å². The van der Waals surface area contributed by atoms with Crippen LogP contribution in [0.5, 0.6) is 5.75 Å². The molecule has 0 spiro atoms. The maximum Gasteiger partial charge on any atom is 0.118 e.